The highest BCUT2D eigenvalue weighted by atomic mass is 32.1. The van der Waals surface area contributed by atoms with Crippen molar-refractivity contribution in [3.05, 3.63) is 28.6 Å². The van der Waals surface area contributed by atoms with Crippen LogP contribution < -0.4 is 5.73 Å². The normalized spacial score (nSPS) is 15.1. The summed E-state index contributed by atoms with van der Waals surface area (Å²) in [5.74, 6) is 1.47. The standard InChI is InChI=1S/C12H14N2OS/c13-6-12-14-7-9(15-12)11-5-8-3-1-2-4-10(8)16-11/h5,7H,1-4,6,13H2. The van der Waals surface area contributed by atoms with Gasteiger partial charge in [-0.2, -0.15) is 0 Å². The number of nitrogens with zero attached hydrogens (tertiary/aromatic N) is 1. The summed E-state index contributed by atoms with van der Waals surface area (Å²) in [4.78, 5) is 6.85. The maximum Gasteiger partial charge on any atom is 0.208 e. The van der Waals surface area contributed by atoms with Crippen molar-refractivity contribution in [3.8, 4) is 10.6 Å². The zero-order valence-electron chi connectivity index (χ0n) is 9.03. The van der Waals surface area contributed by atoms with E-state index in [2.05, 4.69) is 11.1 Å². The number of rotatable bonds is 2. The van der Waals surface area contributed by atoms with Crippen LogP contribution in [0.3, 0.4) is 0 Å². The van der Waals surface area contributed by atoms with Crippen LogP contribution in [0, 0.1) is 0 Å². The van der Waals surface area contributed by atoms with Crippen molar-refractivity contribution in [1.82, 2.24) is 4.98 Å². The van der Waals surface area contributed by atoms with E-state index in [1.807, 2.05) is 11.3 Å². The molecule has 3 nitrogen and oxygen atoms in total. The molecule has 0 fully saturated rings. The van der Waals surface area contributed by atoms with Gasteiger partial charge in [0.15, 0.2) is 5.76 Å². The fourth-order valence-electron chi connectivity index (χ4n) is 2.13. The number of hydrogen-bond acceptors (Lipinski definition) is 4. The molecule has 2 aromatic rings. The van der Waals surface area contributed by atoms with Crippen molar-refractivity contribution in [2.24, 2.45) is 5.73 Å². The van der Waals surface area contributed by atoms with Crippen LogP contribution in [0.5, 0.6) is 0 Å². The summed E-state index contributed by atoms with van der Waals surface area (Å²) in [6.07, 6.45) is 6.84. The van der Waals surface area contributed by atoms with Crippen LogP contribution in [-0.2, 0) is 19.4 Å². The Morgan fingerprint density at radius 1 is 1.38 bits per heavy atom. The van der Waals surface area contributed by atoms with E-state index in [1.54, 1.807) is 6.20 Å². The molecule has 1 aliphatic rings. The average molecular weight is 234 g/mol. The number of thiophene rings is 1. The molecule has 0 radical (unpaired) electrons. The summed E-state index contributed by atoms with van der Waals surface area (Å²) in [5, 5.41) is 0. The lowest BCUT2D eigenvalue weighted by Crippen LogP contribution is -1.96. The zero-order valence-corrected chi connectivity index (χ0v) is 9.85. The third-order valence-electron chi connectivity index (χ3n) is 2.97. The summed E-state index contributed by atoms with van der Waals surface area (Å²) >= 11 is 1.84. The van der Waals surface area contributed by atoms with E-state index in [0.717, 1.165) is 5.76 Å². The molecule has 1 aliphatic carbocycles. The van der Waals surface area contributed by atoms with Gasteiger partial charge < -0.3 is 10.2 Å². The van der Waals surface area contributed by atoms with Crippen molar-refractivity contribution in [2.75, 3.05) is 0 Å². The molecule has 0 aliphatic heterocycles. The fraction of sp³-hybridized carbons (Fsp3) is 0.417. The van der Waals surface area contributed by atoms with Crippen molar-refractivity contribution in [2.45, 2.75) is 32.2 Å². The van der Waals surface area contributed by atoms with Gasteiger partial charge in [-0.05, 0) is 37.3 Å². The molecule has 0 bridgehead atoms. The van der Waals surface area contributed by atoms with Gasteiger partial charge in [0.05, 0.1) is 17.6 Å². The summed E-state index contributed by atoms with van der Waals surface area (Å²) in [6.45, 7) is 0.366. The van der Waals surface area contributed by atoms with Gasteiger partial charge in [-0.3, -0.25) is 0 Å². The Morgan fingerprint density at radius 2 is 2.25 bits per heavy atom. The summed E-state index contributed by atoms with van der Waals surface area (Å²) < 4.78 is 5.57. The molecule has 4 heteroatoms. The van der Waals surface area contributed by atoms with Crippen LogP contribution >= 0.6 is 11.3 Å². The molecular weight excluding hydrogens is 220 g/mol. The molecule has 84 valence electrons. The Hall–Kier alpha value is -1.13. The van der Waals surface area contributed by atoms with Gasteiger partial charge in [0.1, 0.15) is 0 Å². The predicted molar refractivity (Wildman–Crippen MR) is 64.3 cm³/mol. The third-order valence-corrected chi connectivity index (χ3v) is 4.22. The number of hydrogen-bond donors (Lipinski definition) is 1. The van der Waals surface area contributed by atoms with E-state index in [9.17, 15) is 0 Å². The van der Waals surface area contributed by atoms with E-state index in [4.69, 9.17) is 10.2 Å². The average Bonchev–Trinajstić information content (AvgIpc) is 2.95. The third kappa shape index (κ3) is 1.68. The van der Waals surface area contributed by atoms with E-state index < -0.39 is 0 Å². The van der Waals surface area contributed by atoms with E-state index in [0.29, 0.717) is 12.4 Å². The summed E-state index contributed by atoms with van der Waals surface area (Å²) in [5.41, 5.74) is 6.98. The van der Waals surface area contributed by atoms with Gasteiger partial charge >= 0.3 is 0 Å². The van der Waals surface area contributed by atoms with Gasteiger partial charge in [-0.15, -0.1) is 11.3 Å². The van der Waals surface area contributed by atoms with Gasteiger partial charge in [0, 0.05) is 4.88 Å². The first-order valence-electron chi connectivity index (χ1n) is 5.63. The minimum absolute atomic E-state index is 0.366. The predicted octanol–water partition coefficient (Wildman–Crippen LogP) is 2.74. The van der Waals surface area contributed by atoms with Crippen LogP contribution in [0.25, 0.3) is 10.6 Å². The Morgan fingerprint density at radius 3 is 3.00 bits per heavy atom. The highest BCUT2D eigenvalue weighted by Crippen LogP contribution is 2.35. The Kier molecular flexibility index (Phi) is 2.53. The monoisotopic (exact) mass is 234 g/mol. The second kappa shape index (κ2) is 4.03. The molecule has 3 rings (SSSR count). The van der Waals surface area contributed by atoms with Crippen LogP contribution in [0.2, 0.25) is 0 Å². The number of nitrogens with two attached hydrogens (primary N) is 1. The van der Waals surface area contributed by atoms with Gasteiger partial charge in [0.25, 0.3) is 0 Å². The fourth-order valence-corrected chi connectivity index (χ4v) is 3.33. The topological polar surface area (TPSA) is 52.0 Å². The molecule has 2 aromatic heterocycles. The van der Waals surface area contributed by atoms with E-state index >= 15 is 0 Å². The summed E-state index contributed by atoms with van der Waals surface area (Å²) in [7, 11) is 0. The molecular formula is C12H14N2OS. The van der Waals surface area contributed by atoms with Gasteiger partial charge in [0.2, 0.25) is 5.89 Å². The number of aromatic nitrogens is 1. The largest absolute Gasteiger partial charge is 0.438 e. The van der Waals surface area contributed by atoms with Crippen molar-refractivity contribution in [3.63, 3.8) is 0 Å². The first-order chi connectivity index (χ1) is 7.86. The quantitative estimate of drug-likeness (QED) is 0.869. The number of aryl methyl sites for hydroxylation is 2. The minimum atomic E-state index is 0.366. The van der Waals surface area contributed by atoms with Gasteiger partial charge in [-0.1, -0.05) is 0 Å². The number of oxazole rings is 1. The molecule has 0 amide bonds. The molecule has 2 heterocycles. The van der Waals surface area contributed by atoms with Crippen LogP contribution in [0.15, 0.2) is 16.7 Å². The second-order valence-corrected chi connectivity index (χ2v) is 5.23. The molecule has 0 saturated carbocycles. The summed E-state index contributed by atoms with van der Waals surface area (Å²) in [6, 6.07) is 2.25. The van der Waals surface area contributed by atoms with E-state index in [1.165, 1.54) is 41.0 Å². The lowest BCUT2D eigenvalue weighted by molar-refractivity contribution is 0.510. The SMILES string of the molecule is NCc1ncc(-c2cc3c(s2)CCCC3)o1. The lowest BCUT2D eigenvalue weighted by atomic mass is 9.99. The first kappa shape index (κ1) is 10.1. The van der Waals surface area contributed by atoms with Crippen LogP contribution in [-0.4, -0.2) is 4.98 Å². The van der Waals surface area contributed by atoms with Crippen molar-refractivity contribution in [1.29, 1.82) is 0 Å². The maximum absolute atomic E-state index is 5.57. The molecule has 0 aromatic carbocycles. The molecule has 0 atom stereocenters. The highest BCUT2D eigenvalue weighted by Gasteiger charge is 2.16. The van der Waals surface area contributed by atoms with Crippen molar-refractivity contribution < 1.29 is 4.42 Å². The second-order valence-electron chi connectivity index (χ2n) is 4.09. The van der Waals surface area contributed by atoms with E-state index in [-0.39, 0.29) is 0 Å². The Balaban J connectivity index is 1.96. The first-order valence-corrected chi connectivity index (χ1v) is 6.45. The minimum Gasteiger partial charge on any atom is -0.438 e. The van der Waals surface area contributed by atoms with Crippen LogP contribution in [0.1, 0.15) is 29.2 Å². The Bertz CT molecular complexity index is 477. The molecule has 0 unspecified atom stereocenters. The van der Waals surface area contributed by atoms with Crippen LogP contribution in [0.4, 0.5) is 0 Å². The zero-order chi connectivity index (χ0) is 11.0. The van der Waals surface area contributed by atoms with Crippen molar-refractivity contribution >= 4 is 11.3 Å². The lowest BCUT2D eigenvalue weighted by Gasteiger charge is -2.08. The highest BCUT2D eigenvalue weighted by molar-refractivity contribution is 7.15. The van der Waals surface area contributed by atoms with Gasteiger partial charge in [-0.25, -0.2) is 4.98 Å². The smallest absolute Gasteiger partial charge is 0.208 e. The molecule has 16 heavy (non-hydrogen) atoms. The molecule has 0 saturated heterocycles. The maximum atomic E-state index is 5.57. The number of fused-ring (bicyclic) bond motifs is 1. The molecule has 2 N–H and O–H groups in total. The molecule has 0 spiro atoms. The Labute approximate surface area is 98.3 Å².